The number of fused-ring (bicyclic) bond motifs is 2. The zero-order chi connectivity index (χ0) is 24.5. The molecule has 2 aromatic carbocycles. The van der Waals surface area contributed by atoms with Gasteiger partial charge in [0.05, 0.1) is 7.11 Å². The van der Waals surface area contributed by atoms with Crippen molar-refractivity contribution >= 4 is 33.6 Å². The molecule has 5 N–H and O–H groups in total. The van der Waals surface area contributed by atoms with Gasteiger partial charge in [-0.15, -0.1) is 0 Å². The minimum absolute atomic E-state index is 0.458. The van der Waals surface area contributed by atoms with Crippen LogP contribution in [-0.2, 0) is 13.0 Å². The number of aromatic amines is 2. The minimum Gasteiger partial charge on any atom is -0.497 e. The fourth-order valence-corrected chi connectivity index (χ4v) is 4.57. The van der Waals surface area contributed by atoms with Gasteiger partial charge >= 0.3 is 0 Å². The molecule has 0 atom stereocenters. The van der Waals surface area contributed by atoms with Crippen LogP contribution in [0, 0.1) is 6.92 Å². The third-order valence-electron chi connectivity index (χ3n) is 6.38. The second-order valence-electron chi connectivity index (χ2n) is 9.12. The van der Waals surface area contributed by atoms with Gasteiger partial charge in [-0.1, -0.05) is 6.07 Å². The smallest absolute Gasteiger partial charge is 0.224 e. The fraction of sp³-hybridized carbons (Fsp3) is 0.259. The highest BCUT2D eigenvalue weighted by Crippen LogP contribution is 2.31. The number of benzene rings is 2. The van der Waals surface area contributed by atoms with Crippen LogP contribution in [0.4, 0.5) is 11.8 Å². The molecular weight excluding hydrogens is 438 g/mol. The summed E-state index contributed by atoms with van der Waals surface area (Å²) in [5.41, 5.74) is 14.1. The predicted octanol–water partition coefficient (Wildman–Crippen LogP) is 4.72. The van der Waals surface area contributed by atoms with Crippen LogP contribution in [0.5, 0.6) is 5.75 Å². The molecule has 0 unspecified atom stereocenters. The molecule has 0 amide bonds. The van der Waals surface area contributed by atoms with E-state index in [0.29, 0.717) is 18.3 Å². The average Bonchev–Trinajstić information content (AvgIpc) is 3.38. The summed E-state index contributed by atoms with van der Waals surface area (Å²) in [6.07, 6.45) is 4.65. The van der Waals surface area contributed by atoms with Crippen LogP contribution in [0.1, 0.15) is 16.8 Å². The van der Waals surface area contributed by atoms with E-state index in [2.05, 4.69) is 75.4 Å². The molecule has 0 bridgehead atoms. The second-order valence-corrected chi connectivity index (χ2v) is 9.12. The van der Waals surface area contributed by atoms with Crippen LogP contribution < -0.4 is 15.8 Å². The molecule has 5 rings (SSSR count). The molecule has 0 saturated carbocycles. The van der Waals surface area contributed by atoms with E-state index in [0.717, 1.165) is 46.3 Å². The Kier molecular flexibility index (Phi) is 6.05. The van der Waals surface area contributed by atoms with Crippen molar-refractivity contribution in [1.29, 1.82) is 0 Å². The SMILES string of the molecule is COc1ccc2[nH]cc(CCNc3ncc(-c4ccc5[nH]c(C)c(CN(C)C)c5c4)c(N)n3)c2c1. The molecule has 8 heteroatoms. The van der Waals surface area contributed by atoms with Crippen molar-refractivity contribution in [2.24, 2.45) is 0 Å². The Morgan fingerprint density at radius 2 is 1.91 bits per heavy atom. The first-order chi connectivity index (χ1) is 16.9. The summed E-state index contributed by atoms with van der Waals surface area (Å²) in [4.78, 5) is 18.0. The normalized spacial score (nSPS) is 11.6. The van der Waals surface area contributed by atoms with Gasteiger partial charge in [-0.25, -0.2) is 4.98 Å². The monoisotopic (exact) mass is 469 g/mol. The first kappa shape index (κ1) is 22.7. The Balaban J connectivity index is 1.32. The van der Waals surface area contributed by atoms with E-state index in [-0.39, 0.29) is 0 Å². The van der Waals surface area contributed by atoms with Crippen molar-refractivity contribution in [2.45, 2.75) is 19.9 Å². The molecule has 0 aliphatic rings. The number of aromatic nitrogens is 4. The molecule has 0 spiro atoms. The highest BCUT2D eigenvalue weighted by Gasteiger charge is 2.13. The number of rotatable bonds is 8. The maximum Gasteiger partial charge on any atom is 0.224 e. The maximum absolute atomic E-state index is 6.37. The Labute approximate surface area is 204 Å². The number of nitrogen functional groups attached to an aromatic ring is 1. The van der Waals surface area contributed by atoms with E-state index in [1.807, 2.05) is 18.3 Å². The van der Waals surface area contributed by atoms with Crippen molar-refractivity contribution in [3.63, 3.8) is 0 Å². The topological polar surface area (TPSA) is 108 Å². The molecule has 0 radical (unpaired) electrons. The first-order valence-corrected chi connectivity index (χ1v) is 11.7. The van der Waals surface area contributed by atoms with Gasteiger partial charge in [0.15, 0.2) is 0 Å². The van der Waals surface area contributed by atoms with E-state index >= 15 is 0 Å². The number of hydrogen-bond donors (Lipinski definition) is 4. The summed E-state index contributed by atoms with van der Waals surface area (Å²) in [6, 6.07) is 12.4. The van der Waals surface area contributed by atoms with E-state index in [1.54, 1.807) is 13.3 Å². The van der Waals surface area contributed by atoms with Crippen LogP contribution in [0.25, 0.3) is 32.9 Å². The quantitative estimate of drug-likeness (QED) is 0.262. The van der Waals surface area contributed by atoms with Gasteiger partial charge in [0, 0.05) is 58.5 Å². The lowest BCUT2D eigenvalue weighted by molar-refractivity contribution is 0.403. The van der Waals surface area contributed by atoms with E-state index in [9.17, 15) is 0 Å². The van der Waals surface area contributed by atoms with Gasteiger partial charge in [-0.05, 0) is 74.5 Å². The lowest BCUT2D eigenvalue weighted by Crippen LogP contribution is -2.11. The molecule has 0 saturated heterocycles. The third-order valence-corrected chi connectivity index (χ3v) is 6.38. The van der Waals surface area contributed by atoms with E-state index < -0.39 is 0 Å². The molecule has 0 aliphatic carbocycles. The number of ether oxygens (including phenoxy) is 1. The molecule has 180 valence electrons. The Bertz CT molecular complexity index is 1500. The van der Waals surface area contributed by atoms with Crippen molar-refractivity contribution in [1.82, 2.24) is 24.8 Å². The van der Waals surface area contributed by atoms with Crippen LogP contribution in [0.2, 0.25) is 0 Å². The largest absolute Gasteiger partial charge is 0.497 e. The number of nitrogens with one attached hydrogen (secondary N) is 3. The fourth-order valence-electron chi connectivity index (χ4n) is 4.57. The van der Waals surface area contributed by atoms with Crippen molar-refractivity contribution < 1.29 is 4.74 Å². The number of nitrogens with two attached hydrogens (primary N) is 1. The second kappa shape index (κ2) is 9.31. The van der Waals surface area contributed by atoms with Gasteiger partial charge in [-0.2, -0.15) is 4.98 Å². The van der Waals surface area contributed by atoms with Crippen LogP contribution in [0.3, 0.4) is 0 Å². The number of H-pyrrole nitrogens is 2. The predicted molar refractivity (Wildman–Crippen MR) is 143 cm³/mol. The van der Waals surface area contributed by atoms with Crippen LogP contribution in [-0.4, -0.2) is 52.6 Å². The van der Waals surface area contributed by atoms with E-state index in [4.69, 9.17) is 10.5 Å². The van der Waals surface area contributed by atoms with Gasteiger partial charge in [0.2, 0.25) is 5.95 Å². The summed E-state index contributed by atoms with van der Waals surface area (Å²) < 4.78 is 5.36. The maximum atomic E-state index is 6.37. The molecule has 8 nitrogen and oxygen atoms in total. The summed E-state index contributed by atoms with van der Waals surface area (Å²) in [6.45, 7) is 3.67. The molecule has 0 aliphatic heterocycles. The molecule has 5 aromatic rings. The van der Waals surface area contributed by atoms with Crippen molar-refractivity contribution in [3.05, 3.63) is 65.6 Å². The summed E-state index contributed by atoms with van der Waals surface area (Å²) >= 11 is 0. The third kappa shape index (κ3) is 4.52. The highest BCUT2D eigenvalue weighted by molar-refractivity contribution is 5.90. The lowest BCUT2D eigenvalue weighted by Gasteiger charge is -2.11. The molecular formula is C27H31N7O. The zero-order valence-corrected chi connectivity index (χ0v) is 20.6. The molecule has 3 aromatic heterocycles. The number of hydrogen-bond acceptors (Lipinski definition) is 6. The standard InChI is InChI=1S/C27H31N7O/c1-16-23(15-34(2)3)21-11-17(5-7-25(21)32-16)22-14-31-27(33-26(22)28)29-10-9-18-13-30-24-8-6-19(35-4)12-20(18)24/h5-8,11-14,30,32H,9-10,15H2,1-4H3,(H3,28,29,31,33). The summed E-state index contributed by atoms with van der Waals surface area (Å²) in [7, 11) is 5.84. The number of methoxy groups -OCH3 is 1. The van der Waals surface area contributed by atoms with Gasteiger partial charge in [0.1, 0.15) is 11.6 Å². The number of nitrogens with zero attached hydrogens (tertiary/aromatic N) is 3. The van der Waals surface area contributed by atoms with Crippen molar-refractivity contribution in [3.8, 4) is 16.9 Å². The van der Waals surface area contributed by atoms with Crippen LogP contribution >= 0.6 is 0 Å². The van der Waals surface area contributed by atoms with E-state index in [1.165, 1.54) is 22.2 Å². The Morgan fingerprint density at radius 1 is 1.09 bits per heavy atom. The van der Waals surface area contributed by atoms with Crippen molar-refractivity contribution in [2.75, 3.05) is 38.8 Å². The average molecular weight is 470 g/mol. The number of aryl methyl sites for hydroxylation is 1. The molecule has 3 heterocycles. The Morgan fingerprint density at radius 3 is 2.69 bits per heavy atom. The Hall–Kier alpha value is -4.04. The number of anilines is 2. The molecule has 0 fully saturated rings. The molecule has 35 heavy (non-hydrogen) atoms. The minimum atomic E-state index is 0.458. The zero-order valence-electron chi connectivity index (χ0n) is 20.6. The summed E-state index contributed by atoms with van der Waals surface area (Å²) in [5.74, 6) is 1.83. The summed E-state index contributed by atoms with van der Waals surface area (Å²) in [5, 5.41) is 5.66. The highest BCUT2D eigenvalue weighted by atomic mass is 16.5. The lowest BCUT2D eigenvalue weighted by atomic mass is 10.0. The van der Waals surface area contributed by atoms with Crippen LogP contribution in [0.15, 0.2) is 48.8 Å². The first-order valence-electron chi connectivity index (χ1n) is 11.7. The van der Waals surface area contributed by atoms with Gasteiger partial charge < -0.3 is 30.7 Å². The van der Waals surface area contributed by atoms with Gasteiger partial charge in [-0.3, -0.25) is 0 Å². The van der Waals surface area contributed by atoms with Gasteiger partial charge in [0.25, 0.3) is 0 Å².